The highest BCUT2D eigenvalue weighted by Gasteiger charge is 2.49. The molecule has 12 heteroatoms. The van der Waals surface area contributed by atoms with Gasteiger partial charge in [0.15, 0.2) is 28.1 Å². The Bertz CT molecular complexity index is 1630. The summed E-state index contributed by atoms with van der Waals surface area (Å²) >= 11 is 0.941. The number of benzene rings is 2. The van der Waals surface area contributed by atoms with Crippen molar-refractivity contribution in [1.29, 1.82) is 0 Å². The van der Waals surface area contributed by atoms with Gasteiger partial charge in [-0.15, -0.1) is 0 Å². The second-order valence-electron chi connectivity index (χ2n) is 10.4. The van der Waals surface area contributed by atoms with Gasteiger partial charge in [-0.3, -0.25) is 14.5 Å². The van der Waals surface area contributed by atoms with Gasteiger partial charge in [0.25, 0.3) is 5.78 Å². The highest BCUT2D eigenvalue weighted by molar-refractivity contribution is 7.17. The van der Waals surface area contributed by atoms with Crippen molar-refractivity contribution in [2.45, 2.75) is 53.0 Å². The molecule has 45 heavy (non-hydrogen) atoms. The molecule has 0 bridgehead atoms. The second-order valence-corrected chi connectivity index (χ2v) is 11.3. The van der Waals surface area contributed by atoms with E-state index >= 15 is 0 Å². The first kappa shape index (κ1) is 31.8. The molecule has 1 aromatic heterocycles. The number of aliphatic hydroxyl groups excluding tert-OH is 1. The molecule has 0 radical (unpaired) electrons. The minimum absolute atomic E-state index is 0.113. The average Bonchev–Trinajstić information content (AvgIpc) is 3.55. The molecule has 2 aliphatic rings. The summed E-state index contributed by atoms with van der Waals surface area (Å²) in [5.41, 5.74) is 0.946. The minimum atomic E-state index is -1.10. The zero-order valence-corrected chi connectivity index (χ0v) is 26.5. The number of hydrogen-bond acceptors (Lipinski definition) is 11. The van der Waals surface area contributed by atoms with Crippen molar-refractivity contribution >= 4 is 39.9 Å². The number of rotatable bonds is 12. The zero-order chi connectivity index (χ0) is 32.1. The number of ketones is 1. The Morgan fingerprint density at radius 1 is 1.00 bits per heavy atom. The summed E-state index contributed by atoms with van der Waals surface area (Å²) in [4.78, 5) is 46.0. The van der Waals surface area contributed by atoms with E-state index in [9.17, 15) is 19.5 Å². The van der Waals surface area contributed by atoms with Crippen LogP contribution in [-0.4, -0.2) is 60.8 Å². The highest BCUT2D eigenvalue weighted by Crippen LogP contribution is 2.46. The SMILES string of the molecule is CCCCCOc1ccc(C2/C(=C(\O)c3ccc4c(c3)OCCO4)C(=O)C(=O)N2c2nc(C)c(C(=O)OCC)s2)cc1OCC. The summed E-state index contributed by atoms with van der Waals surface area (Å²) in [5.74, 6) is -0.906. The van der Waals surface area contributed by atoms with Crippen LogP contribution in [0.2, 0.25) is 0 Å². The lowest BCUT2D eigenvalue weighted by Crippen LogP contribution is -2.29. The molecule has 1 N–H and O–H groups in total. The van der Waals surface area contributed by atoms with Crippen LogP contribution in [0.4, 0.5) is 5.13 Å². The first-order valence-corrected chi connectivity index (χ1v) is 15.9. The van der Waals surface area contributed by atoms with Gasteiger partial charge in [0.05, 0.1) is 37.1 Å². The predicted octanol–water partition coefficient (Wildman–Crippen LogP) is 5.99. The largest absolute Gasteiger partial charge is 0.507 e. The van der Waals surface area contributed by atoms with Crippen molar-refractivity contribution in [1.82, 2.24) is 4.98 Å². The van der Waals surface area contributed by atoms with Crippen LogP contribution in [-0.2, 0) is 14.3 Å². The molecule has 1 amide bonds. The van der Waals surface area contributed by atoms with E-state index in [1.54, 1.807) is 50.2 Å². The van der Waals surface area contributed by atoms with Crippen LogP contribution in [0.3, 0.4) is 0 Å². The first-order chi connectivity index (χ1) is 21.8. The standard InChI is InChI=1S/C33H36N2O9S/c1-5-8-9-14-42-22-12-10-20(17-24(22)40-6-2)27-26(28(36)21-11-13-23-25(18-21)44-16-15-43-23)29(37)31(38)35(27)33-34-19(4)30(45-33)32(39)41-7-3/h10-13,17-18,27,36H,5-9,14-16H2,1-4H3/b28-26+. The molecule has 1 fully saturated rings. The van der Waals surface area contributed by atoms with Crippen LogP contribution in [0.1, 0.15) is 72.6 Å². The van der Waals surface area contributed by atoms with Crippen molar-refractivity contribution in [2.24, 2.45) is 0 Å². The Hall–Kier alpha value is -4.58. The monoisotopic (exact) mass is 636 g/mol. The maximum Gasteiger partial charge on any atom is 0.350 e. The molecular formula is C33H36N2O9S. The Balaban J connectivity index is 1.65. The lowest BCUT2D eigenvalue weighted by Gasteiger charge is -2.24. The molecule has 0 aliphatic carbocycles. The van der Waals surface area contributed by atoms with Crippen molar-refractivity contribution in [3.05, 3.63) is 63.7 Å². The van der Waals surface area contributed by atoms with Crippen LogP contribution in [0.15, 0.2) is 42.0 Å². The quantitative estimate of drug-likeness (QED) is 0.0830. The van der Waals surface area contributed by atoms with Crippen molar-refractivity contribution < 1.29 is 43.2 Å². The van der Waals surface area contributed by atoms with Gasteiger partial charge in [0.1, 0.15) is 23.9 Å². The average molecular weight is 637 g/mol. The van der Waals surface area contributed by atoms with E-state index in [2.05, 4.69) is 11.9 Å². The Kier molecular flexibility index (Phi) is 9.92. The Morgan fingerprint density at radius 2 is 1.78 bits per heavy atom. The number of carbonyl (C=O) groups excluding carboxylic acids is 3. The number of nitrogens with zero attached hydrogens (tertiary/aromatic N) is 2. The van der Waals surface area contributed by atoms with E-state index in [-0.39, 0.29) is 27.8 Å². The third kappa shape index (κ3) is 6.46. The van der Waals surface area contributed by atoms with E-state index in [0.29, 0.717) is 60.7 Å². The second kappa shape index (κ2) is 14.0. The number of esters is 1. The maximum absolute atomic E-state index is 13.7. The molecule has 0 saturated carbocycles. The summed E-state index contributed by atoms with van der Waals surface area (Å²) in [6.07, 6.45) is 2.96. The fraction of sp³-hybridized carbons (Fsp3) is 0.394. The van der Waals surface area contributed by atoms with Gasteiger partial charge in [-0.2, -0.15) is 0 Å². The van der Waals surface area contributed by atoms with Crippen molar-refractivity contribution in [3.8, 4) is 23.0 Å². The van der Waals surface area contributed by atoms with Gasteiger partial charge in [0.2, 0.25) is 0 Å². The van der Waals surface area contributed by atoms with Crippen LogP contribution >= 0.6 is 11.3 Å². The maximum atomic E-state index is 13.7. The van der Waals surface area contributed by atoms with Crippen molar-refractivity contribution in [2.75, 3.05) is 37.9 Å². The molecule has 1 atom stereocenters. The predicted molar refractivity (Wildman–Crippen MR) is 168 cm³/mol. The molecule has 2 aromatic carbocycles. The summed E-state index contributed by atoms with van der Waals surface area (Å²) in [6, 6.07) is 8.86. The topological polar surface area (TPSA) is 134 Å². The van der Waals surface area contributed by atoms with Gasteiger partial charge < -0.3 is 28.8 Å². The number of amides is 1. The Morgan fingerprint density at radius 3 is 2.51 bits per heavy atom. The number of aryl methyl sites for hydroxylation is 1. The van der Waals surface area contributed by atoms with Gasteiger partial charge in [0, 0.05) is 5.56 Å². The third-order valence-corrected chi connectivity index (χ3v) is 8.44. The van der Waals surface area contributed by atoms with E-state index in [4.69, 9.17) is 23.7 Å². The number of ether oxygens (including phenoxy) is 5. The molecule has 1 unspecified atom stereocenters. The molecule has 2 aliphatic heterocycles. The zero-order valence-electron chi connectivity index (χ0n) is 25.7. The van der Waals surface area contributed by atoms with Crippen LogP contribution in [0, 0.1) is 6.92 Å². The lowest BCUT2D eigenvalue weighted by molar-refractivity contribution is -0.132. The molecular weight excluding hydrogens is 600 g/mol. The highest BCUT2D eigenvalue weighted by atomic mass is 32.1. The number of unbranched alkanes of at least 4 members (excludes halogenated alkanes) is 2. The van der Waals surface area contributed by atoms with Gasteiger partial charge in [-0.1, -0.05) is 37.2 Å². The smallest absolute Gasteiger partial charge is 0.350 e. The molecule has 238 valence electrons. The number of hydrogen-bond donors (Lipinski definition) is 1. The molecule has 11 nitrogen and oxygen atoms in total. The van der Waals surface area contributed by atoms with E-state index < -0.39 is 29.5 Å². The van der Waals surface area contributed by atoms with Crippen molar-refractivity contribution in [3.63, 3.8) is 0 Å². The third-order valence-electron chi connectivity index (χ3n) is 7.30. The summed E-state index contributed by atoms with van der Waals surface area (Å²) < 4.78 is 28.4. The molecule has 0 spiro atoms. The van der Waals surface area contributed by atoms with Gasteiger partial charge in [-0.25, -0.2) is 9.78 Å². The van der Waals surface area contributed by atoms with E-state index in [1.165, 1.54) is 4.90 Å². The molecule has 5 rings (SSSR count). The van der Waals surface area contributed by atoms with Gasteiger partial charge in [-0.05, 0) is 63.1 Å². The van der Waals surface area contributed by atoms with Crippen LogP contribution < -0.4 is 23.8 Å². The molecule has 3 heterocycles. The number of anilines is 1. The fourth-order valence-corrected chi connectivity index (χ4v) is 6.17. The van der Waals surface area contributed by atoms with Crippen LogP contribution in [0.25, 0.3) is 5.76 Å². The Labute approximate surface area is 265 Å². The number of carbonyl (C=O) groups is 3. The number of fused-ring (bicyclic) bond motifs is 1. The normalized spacial score (nSPS) is 17.0. The first-order valence-electron chi connectivity index (χ1n) is 15.0. The van der Waals surface area contributed by atoms with E-state index in [1.807, 2.05) is 6.92 Å². The molecule has 1 saturated heterocycles. The lowest BCUT2D eigenvalue weighted by atomic mass is 9.95. The van der Waals surface area contributed by atoms with Crippen LogP contribution in [0.5, 0.6) is 23.0 Å². The summed E-state index contributed by atoms with van der Waals surface area (Å²) in [7, 11) is 0. The van der Waals surface area contributed by atoms with Gasteiger partial charge >= 0.3 is 11.9 Å². The summed E-state index contributed by atoms with van der Waals surface area (Å²) in [6.45, 7) is 9.03. The molecule has 3 aromatic rings. The number of thiazole rings is 1. The fourth-order valence-electron chi connectivity index (χ4n) is 5.18. The minimum Gasteiger partial charge on any atom is -0.507 e. The number of Topliss-reactive ketones (excluding diaryl/α,β-unsaturated/α-hetero) is 1. The summed E-state index contributed by atoms with van der Waals surface area (Å²) in [5, 5.41) is 11.8. The number of aromatic nitrogens is 1. The van der Waals surface area contributed by atoms with E-state index in [0.717, 1.165) is 30.6 Å². The number of aliphatic hydroxyl groups is 1.